The second-order valence-corrected chi connectivity index (χ2v) is 7.54. The van der Waals surface area contributed by atoms with E-state index in [0.29, 0.717) is 10.9 Å². The van der Waals surface area contributed by atoms with E-state index >= 15 is 0 Å². The monoisotopic (exact) mass is 317 g/mol. The summed E-state index contributed by atoms with van der Waals surface area (Å²) in [6, 6.07) is 5.69. The Kier molecular flexibility index (Phi) is 6.02. The lowest BCUT2D eigenvalue weighted by atomic mass is 9.96. The smallest absolute Gasteiger partial charge is 0.264 e. The van der Waals surface area contributed by atoms with Gasteiger partial charge in [0.15, 0.2) is 0 Å². The Hall–Kier alpha value is -1.07. The van der Waals surface area contributed by atoms with Crippen LogP contribution in [0.1, 0.15) is 33.6 Å². The van der Waals surface area contributed by atoms with Crippen molar-refractivity contribution in [1.29, 1.82) is 0 Å². The number of hydrogen-bond donors (Lipinski definition) is 1. The van der Waals surface area contributed by atoms with Crippen molar-refractivity contribution >= 4 is 27.5 Å². The maximum absolute atomic E-state index is 12.0. The van der Waals surface area contributed by atoms with E-state index < -0.39 is 15.9 Å². The molecule has 0 unspecified atom stereocenters. The molecule has 0 fully saturated rings. The van der Waals surface area contributed by atoms with Gasteiger partial charge < -0.3 is 0 Å². The molecule has 0 heterocycles. The molecule has 0 spiro atoms. The molecule has 0 aromatic heterocycles. The lowest BCUT2D eigenvalue weighted by Gasteiger charge is -2.13. The Bertz CT molecular complexity index is 552. The molecular formula is C14H20ClNO3S. The first kappa shape index (κ1) is 17.0. The Labute approximate surface area is 125 Å². The van der Waals surface area contributed by atoms with Gasteiger partial charge in [0.2, 0.25) is 5.91 Å². The zero-order valence-electron chi connectivity index (χ0n) is 11.9. The number of halogens is 1. The molecule has 0 aliphatic heterocycles. The number of amides is 1. The van der Waals surface area contributed by atoms with Crippen molar-refractivity contribution in [2.75, 3.05) is 0 Å². The summed E-state index contributed by atoms with van der Waals surface area (Å²) in [7, 11) is -3.81. The fourth-order valence-electron chi connectivity index (χ4n) is 2.07. The molecule has 20 heavy (non-hydrogen) atoms. The zero-order chi connectivity index (χ0) is 15.3. The summed E-state index contributed by atoms with van der Waals surface area (Å²) in [4.78, 5) is 11.8. The molecule has 0 bridgehead atoms. The number of nitrogens with one attached hydrogen (secondary N) is 1. The molecular weight excluding hydrogens is 298 g/mol. The predicted molar refractivity (Wildman–Crippen MR) is 80.0 cm³/mol. The highest BCUT2D eigenvalue weighted by molar-refractivity contribution is 7.90. The van der Waals surface area contributed by atoms with Gasteiger partial charge in [0.05, 0.1) is 4.90 Å². The number of carbonyl (C=O) groups excluding carboxylic acids is 1. The van der Waals surface area contributed by atoms with Gasteiger partial charge in [-0.3, -0.25) is 4.79 Å². The highest BCUT2D eigenvalue weighted by Gasteiger charge is 2.19. The third-order valence-electron chi connectivity index (χ3n) is 2.78. The summed E-state index contributed by atoms with van der Waals surface area (Å²) >= 11 is 5.70. The van der Waals surface area contributed by atoms with Crippen molar-refractivity contribution in [3.05, 3.63) is 29.3 Å². The Morgan fingerprint density at radius 2 is 1.75 bits per heavy atom. The normalized spacial score (nSPS) is 13.2. The highest BCUT2D eigenvalue weighted by Crippen LogP contribution is 2.16. The van der Waals surface area contributed by atoms with Gasteiger partial charge in [-0.25, -0.2) is 13.1 Å². The van der Waals surface area contributed by atoms with Crippen LogP contribution in [0.3, 0.4) is 0 Å². The van der Waals surface area contributed by atoms with E-state index in [1.807, 2.05) is 6.92 Å². The van der Waals surface area contributed by atoms with Crippen LogP contribution in [0, 0.1) is 11.8 Å². The van der Waals surface area contributed by atoms with E-state index in [2.05, 4.69) is 18.6 Å². The van der Waals surface area contributed by atoms with Crippen LogP contribution in [0.25, 0.3) is 0 Å². The molecule has 1 amide bonds. The average molecular weight is 318 g/mol. The van der Waals surface area contributed by atoms with Crippen LogP contribution in [-0.4, -0.2) is 14.3 Å². The number of rotatable bonds is 6. The second kappa shape index (κ2) is 7.09. The lowest BCUT2D eigenvalue weighted by Crippen LogP contribution is -2.31. The van der Waals surface area contributed by atoms with Gasteiger partial charge in [0.25, 0.3) is 10.0 Å². The summed E-state index contributed by atoms with van der Waals surface area (Å²) in [5.74, 6) is 0.147. The molecule has 1 aromatic carbocycles. The first-order chi connectivity index (χ1) is 9.20. The highest BCUT2D eigenvalue weighted by atomic mass is 35.5. The van der Waals surface area contributed by atoms with E-state index in [0.717, 1.165) is 6.42 Å². The third kappa shape index (κ3) is 5.51. The van der Waals surface area contributed by atoms with E-state index in [1.54, 1.807) is 0 Å². The molecule has 1 atom stereocenters. The molecule has 1 aromatic rings. The zero-order valence-corrected chi connectivity index (χ0v) is 13.5. The first-order valence-electron chi connectivity index (χ1n) is 6.52. The van der Waals surface area contributed by atoms with E-state index in [9.17, 15) is 13.2 Å². The van der Waals surface area contributed by atoms with E-state index in [4.69, 9.17) is 11.6 Å². The predicted octanol–water partition coefficient (Wildman–Crippen LogP) is 3.22. The number of benzene rings is 1. The van der Waals surface area contributed by atoms with Gasteiger partial charge >= 0.3 is 0 Å². The topological polar surface area (TPSA) is 63.2 Å². The van der Waals surface area contributed by atoms with Crippen molar-refractivity contribution in [2.45, 2.75) is 38.5 Å². The Morgan fingerprint density at radius 1 is 1.20 bits per heavy atom. The minimum Gasteiger partial charge on any atom is -0.274 e. The average Bonchev–Trinajstić information content (AvgIpc) is 2.26. The molecule has 1 rings (SSSR count). The number of sulfonamides is 1. The van der Waals surface area contributed by atoms with E-state index in [-0.39, 0.29) is 17.2 Å². The fourth-order valence-corrected chi connectivity index (χ4v) is 3.19. The largest absolute Gasteiger partial charge is 0.274 e. The molecule has 0 aliphatic rings. The molecule has 4 nitrogen and oxygen atoms in total. The van der Waals surface area contributed by atoms with Crippen LogP contribution in [0.5, 0.6) is 0 Å². The third-order valence-corrected chi connectivity index (χ3v) is 4.42. The van der Waals surface area contributed by atoms with Crippen molar-refractivity contribution in [1.82, 2.24) is 4.72 Å². The number of carbonyl (C=O) groups is 1. The first-order valence-corrected chi connectivity index (χ1v) is 8.38. The van der Waals surface area contributed by atoms with E-state index in [1.165, 1.54) is 24.3 Å². The SMILES string of the molecule is CC(C)C[C@H](C)CC(=O)NS(=O)(=O)c1ccc(Cl)cc1. The fraction of sp³-hybridized carbons (Fsp3) is 0.500. The second-order valence-electron chi connectivity index (χ2n) is 5.42. The van der Waals surface area contributed by atoms with Crippen LogP contribution in [0.2, 0.25) is 5.02 Å². The van der Waals surface area contributed by atoms with Gasteiger partial charge in [-0.15, -0.1) is 0 Å². The van der Waals surface area contributed by atoms with Gasteiger partial charge in [-0.2, -0.15) is 0 Å². The van der Waals surface area contributed by atoms with Gasteiger partial charge in [-0.1, -0.05) is 32.4 Å². The van der Waals surface area contributed by atoms with Crippen LogP contribution >= 0.6 is 11.6 Å². The maximum atomic E-state index is 12.0. The van der Waals surface area contributed by atoms with Crippen LogP contribution in [-0.2, 0) is 14.8 Å². The molecule has 0 saturated heterocycles. The minimum atomic E-state index is -3.81. The Morgan fingerprint density at radius 3 is 2.25 bits per heavy atom. The summed E-state index contributed by atoms with van der Waals surface area (Å²) in [5.41, 5.74) is 0. The quantitative estimate of drug-likeness (QED) is 0.876. The van der Waals surface area contributed by atoms with Gasteiger partial charge in [0.1, 0.15) is 0 Å². The lowest BCUT2D eigenvalue weighted by molar-refractivity contribution is -0.120. The summed E-state index contributed by atoms with van der Waals surface area (Å²) in [6.45, 7) is 6.08. The summed E-state index contributed by atoms with van der Waals surface area (Å²) in [5, 5.41) is 0.445. The minimum absolute atomic E-state index is 0.0340. The van der Waals surface area contributed by atoms with Crippen molar-refractivity contribution in [3.8, 4) is 0 Å². The van der Waals surface area contributed by atoms with Crippen LogP contribution in [0.15, 0.2) is 29.2 Å². The Balaban J connectivity index is 2.67. The standard InChI is InChI=1S/C14H20ClNO3S/c1-10(2)8-11(3)9-14(17)16-20(18,19)13-6-4-12(15)5-7-13/h4-7,10-11H,8-9H2,1-3H3,(H,16,17)/t11-/m0/s1. The molecule has 1 N–H and O–H groups in total. The number of hydrogen-bond acceptors (Lipinski definition) is 3. The molecule has 0 radical (unpaired) electrons. The van der Waals surface area contributed by atoms with Crippen molar-refractivity contribution in [2.24, 2.45) is 11.8 Å². The molecule has 6 heteroatoms. The van der Waals surface area contributed by atoms with Crippen LogP contribution < -0.4 is 4.72 Å². The van der Waals surface area contributed by atoms with Crippen molar-refractivity contribution in [3.63, 3.8) is 0 Å². The summed E-state index contributed by atoms with van der Waals surface area (Å²) < 4.78 is 26.1. The molecule has 112 valence electrons. The van der Waals surface area contributed by atoms with Gasteiger partial charge in [0, 0.05) is 11.4 Å². The van der Waals surface area contributed by atoms with Crippen LogP contribution in [0.4, 0.5) is 0 Å². The maximum Gasteiger partial charge on any atom is 0.264 e. The molecule has 0 aliphatic carbocycles. The molecule has 0 saturated carbocycles. The van der Waals surface area contributed by atoms with Crippen molar-refractivity contribution < 1.29 is 13.2 Å². The summed E-state index contributed by atoms with van der Waals surface area (Å²) in [6.07, 6.45) is 1.08. The van der Waals surface area contributed by atoms with Gasteiger partial charge in [-0.05, 0) is 42.5 Å².